The highest BCUT2D eigenvalue weighted by Crippen LogP contribution is 2.27. The van der Waals surface area contributed by atoms with Gasteiger partial charge in [-0.25, -0.2) is 4.98 Å². The first-order valence-corrected chi connectivity index (χ1v) is 8.52. The fourth-order valence-electron chi connectivity index (χ4n) is 2.87. The van der Waals surface area contributed by atoms with Crippen LogP contribution in [-0.4, -0.2) is 27.0 Å². The first kappa shape index (κ1) is 18.9. The number of benzene rings is 1. The van der Waals surface area contributed by atoms with Crippen molar-refractivity contribution < 1.29 is 18.0 Å². The highest BCUT2D eigenvalue weighted by molar-refractivity contribution is 5.83. The van der Waals surface area contributed by atoms with Gasteiger partial charge in [-0.3, -0.25) is 9.78 Å². The van der Waals surface area contributed by atoms with Crippen molar-refractivity contribution in [3.8, 4) is 11.1 Å². The van der Waals surface area contributed by atoms with Crippen LogP contribution >= 0.6 is 0 Å². The van der Waals surface area contributed by atoms with Crippen molar-refractivity contribution in [2.75, 3.05) is 0 Å². The van der Waals surface area contributed by atoms with E-state index in [0.29, 0.717) is 23.3 Å². The second kappa shape index (κ2) is 7.38. The second-order valence-electron chi connectivity index (χ2n) is 6.74. The van der Waals surface area contributed by atoms with Gasteiger partial charge in [0.25, 0.3) is 0 Å². The zero-order valence-corrected chi connectivity index (χ0v) is 14.8. The van der Waals surface area contributed by atoms with Gasteiger partial charge >= 0.3 is 12.1 Å². The number of nitrogens with zero attached hydrogens (tertiary/aromatic N) is 2. The van der Waals surface area contributed by atoms with E-state index in [-0.39, 0.29) is 5.92 Å². The number of carbonyl (C=O) groups is 1. The molecule has 0 bridgehead atoms. The third kappa shape index (κ3) is 4.45. The van der Waals surface area contributed by atoms with E-state index in [1.165, 1.54) is 0 Å². The van der Waals surface area contributed by atoms with Gasteiger partial charge in [0.1, 0.15) is 5.82 Å². The smallest absolute Gasteiger partial charge is 0.340 e. The van der Waals surface area contributed by atoms with Gasteiger partial charge in [-0.2, -0.15) is 13.2 Å². The highest BCUT2D eigenvalue weighted by atomic mass is 19.4. The number of aromatic nitrogens is 3. The summed E-state index contributed by atoms with van der Waals surface area (Å²) < 4.78 is 38.0. The number of aromatic amines is 1. The van der Waals surface area contributed by atoms with Crippen molar-refractivity contribution in [1.29, 1.82) is 0 Å². The van der Waals surface area contributed by atoms with Crippen molar-refractivity contribution in [3.63, 3.8) is 0 Å². The molecule has 1 unspecified atom stereocenters. The van der Waals surface area contributed by atoms with Crippen molar-refractivity contribution in [2.24, 2.45) is 5.92 Å². The maximum atomic E-state index is 12.7. The van der Waals surface area contributed by atoms with Gasteiger partial charge in [-0.15, -0.1) is 0 Å². The molecule has 0 fully saturated rings. The predicted octanol–water partition coefficient (Wildman–Crippen LogP) is 4.39. The van der Waals surface area contributed by atoms with Crippen LogP contribution < -0.4 is 5.32 Å². The summed E-state index contributed by atoms with van der Waals surface area (Å²) in [5.74, 6) is -1.58. The molecule has 3 aromatic rings. The topological polar surface area (TPSA) is 70.7 Å². The number of halogens is 3. The molecule has 0 saturated carbocycles. The number of hydrogen-bond acceptors (Lipinski definition) is 3. The molecule has 3 rings (SSSR count). The fourth-order valence-corrected chi connectivity index (χ4v) is 2.87. The second-order valence-corrected chi connectivity index (χ2v) is 6.74. The molecule has 1 aromatic carbocycles. The number of hydrogen-bond donors (Lipinski definition) is 2. The highest BCUT2D eigenvalue weighted by Gasteiger charge is 2.40. The predicted molar refractivity (Wildman–Crippen MR) is 95.7 cm³/mol. The SMILES string of the molecule is CC(C)CC(NC(=O)C(F)(F)F)c1nc2ccc(-c3ccncc3)cc2[nH]1. The van der Waals surface area contributed by atoms with Crippen LogP contribution in [0.2, 0.25) is 0 Å². The van der Waals surface area contributed by atoms with E-state index in [2.05, 4.69) is 15.0 Å². The monoisotopic (exact) mass is 376 g/mol. The summed E-state index contributed by atoms with van der Waals surface area (Å²) >= 11 is 0. The zero-order chi connectivity index (χ0) is 19.6. The molecule has 27 heavy (non-hydrogen) atoms. The number of nitrogens with one attached hydrogen (secondary N) is 2. The van der Waals surface area contributed by atoms with Gasteiger partial charge in [0.15, 0.2) is 0 Å². The average molecular weight is 376 g/mol. The van der Waals surface area contributed by atoms with Crippen LogP contribution in [0.4, 0.5) is 13.2 Å². The van der Waals surface area contributed by atoms with E-state index in [0.717, 1.165) is 11.1 Å². The molecule has 8 heteroatoms. The molecule has 1 atom stereocenters. The van der Waals surface area contributed by atoms with Gasteiger partial charge in [-0.1, -0.05) is 19.9 Å². The molecule has 2 aromatic heterocycles. The summed E-state index contributed by atoms with van der Waals surface area (Å²) in [4.78, 5) is 22.8. The van der Waals surface area contributed by atoms with Crippen LogP contribution in [0.3, 0.4) is 0 Å². The quantitative estimate of drug-likeness (QED) is 0.694. The number of fused-ring (bicyclic) bond motifs is 1. The average Bonchev–Trinajstić information content (AvgIpc) is 3.04. The molecule has 1 amide bonds. The first-order chi connectivity index (χ1) is 12.7. The number of carbonyl (C=O) groups excluding carboxylic acids is 1. The fraction of sp³-hybridized carbons (Fsp3) is 0.316. The summed E-state index contributed by atoms with van der Waals surface area (Å²) in [5, 5.41) is 2.05. The Kier molecular flexibility index (Phi) is 5.16. The number of rotatable bonds is 5. The summed E-state index contributed by atoms with van der Waals surface area (Å²) in [6.07, 6.45) is -1.23. The standard InChI is InChI=1S/C19H19F3N4O/c1-11(2)9-16(26-18(27)19(20,21)22)17-24-14-4-3-13(10-15(14)25-17)12-5-7-23-8-6-12/h3-8,10-11,16H,9H2,1-2H3,(H,24,25)(H,26,27). The minimum absolute atomic E-state index is 0.0733. The summed E-state index contributed by atoms with van der Waals surface area (Å²) in [6, 6.07) is 8.43. The van der Waals surface area contributed by atoms with Gasteiger partial charge < -0.3 is 10.3 Å². The van der Waals surface area contributed by atoms with E-state index < -0.39 is 18.1 Å². The first-order valence-electron chi connectivity index (χ1n) is 8.52. The Morgan fingerprint density at radius 2 is 1.85 bits per heavy atom. The molecule has 0 saturated heterocycles. The van der Waals surface area contributed by atoms with E-state index in [4.69, 9.17) is 0 Å². The molecular weight excluding hydrogens is 357 g/mol. The third-order valence-electron chi connectivity index (χ3n) is 4.11. The van der Waals surface area contributed by atoms with Crippen molar-refractivity contribution in [3.05, 3.63) is 48.5 Å². The number of alkyl halides is 3. The Labute approximate surface area is 154 Å². The van der Waals surface area contributed by atoms with Gasteiger partial charge in [0.05, 0.1) is 17.1 Å². The molecule has 0 spiro atoms. The van der Waals surface area contributed by atoms with Crippen LogP contribution in [0.25, 0.3) is 22.2 Å². The number of H-pyrrole nitrogens is 1. The maximum absolute atomic E-state index is 12.7. The largest absolute Gasteiger partial charge is 0.471 e. The van der Waals surface area contributed by atoms with Crippen LogP contribution in [0.15, 0.2) is 42.7 Å². The minimum Gasteiger partial charge on any atom is -0.340 e. The van der Waals surface area contributed by atoms with Crippen molar-refractivity contribution in [2.45, 2.75) is 32.5 Å². The molecule has 0 aliphatic rings. The van der Waals surface area contributed by atoms with Gasteiger partial charge in [0.2, 0.25) is 0 Å². The maximum Gasteiger partial charge on any atom is 0.471 e. The summed E-state index contributed by atoms with van der Waals surface area (Å²) in [7, 11) is 0. The van der Waals surface area contributed by atoms with Crippen LogP contribution in [0, 0.1) is 5.92 Å². The molecule has 0 aliphatic heterocycles. The summed E-state index contributed by atoms with van der Waals surface area (Å²) in [5.41, 5.74) is 3.21. The van der Waals surface area contributed by atoms with E-state index in [1.54, 1.807) is 18.5 Å². The molecule has 2 N–H and O–H groups in total. The molecular formula is C19H19F3N4O. The molecule has 0 aliphatic carbocycles. The number of amides is 1. The van der Waals surface area contributed by atoms with E-state index in [9.17, 15) is 18.0 Å². The zero-order valence-electron chi connectivity index (χ0n) is 14.8. The summed E-state index contributed by atoms with van der Waals surface area (Å²) in [6.45, 7) is 3.74. The normalized spacial score (nSPS) is 13.1. The van der Waals surface area contributed by atoms with E-state index in [1.807, 2.05) is 43.4 Å². The lowest BCUT2D eigenvalue weighted by Crippen LogP contribution is -2.39. The Morgan fingerprint density at radius 1 is 1.15 bits per heavy atom. The lowest BCUT2D eigenvalue weighted by molar-refractivity contribution is -0.174. The Morgan fingerprint density at radius 3 is 2.48 bits per heavy atom. The Hall–Kier alpha value is -2.90. The lowest BCUT2D eigenvalue weighted by atomic mass is 10.0. The van der Waals surface area contributed by atoms with Crippen molar-refractivity contribution >= 4 is 16.9 Å². The van der Waals surface area contributed by atoms with Crippen LogP contribution in [0.5, 0.6) is 0 Å². The molecule has 2 heterocycles. The Bertz CT molecular complexity index is 935. The number of pyridine rings is 1. The number of imidazole rings is 1. The van der Waals surface area contributed by atoms with Gasteiger partial charge in [0, 0.05) is 12.4 Å². The van der Waals surface area contributed by atoms with Gasteiger partial charge in [-0.05, 0) is 47.7 Å². The lowest BCUT2D eigenvalue weighted by Gasteiger charge is -2.19. The van der Waals surface area contributed by atoms with Crippen LogP contribution in [-0.2, 0) is 4.79 Å². The third-order valence-corrected chi connectivity index (χ3v) is 4.11. The van der Waals surface area contributed by atoms with Crippen LogP contribution in [0.1, 0.15) is 32.1 Å². The molecule has 5 nitrogen and oxygen atoms in total. The van der Waals surface area contributed by atoms with E-state index >= 15 is 0 Å². The Balaban J connectivity index is 1.94. The molecule has 142 valence electrons. The van der Waals surface area contributed by atoms with Crippen molar-refractivity contribution in [1.82, 2.24) is 20.3 Å². The molecule has 0 radical (unpaired) electrons. The minimum atomic E-state index is -4.93.